The van der Waals surface area contributed by atoms with Crippen LogP contribution in [0.15, 0.2) is 23.1 Å². The zero-order chi connectivity index (χ0) is 15.3. The highest BCUT2D eigenvalue weighted by Crippen LogP contribution is 2.28. The predicted octanol–water partition coefficient (Wildman–Crippen LogP) is 2.77. The molecule has 1 atom stereocenters. The van der Waals surface area contributed by atoms with Gasteiger partial charge in [0.2, 0.25) is 10.0 Å². The Bertz CT molecular complexity index is 589. The van der Waals surface area contributed by atoms with Gasteiger partial charge in [0.1, 0.15) is 4.90 Å². The predicted molar refractivity (Wildman–Crippen MR) is 77.7 cm³/mol. The lowest BCUT2D eigenvalue weighted by Gasteiger charge is -2.10. The second kappa shape index (κ2) is 7.26. The van der Waals surface area contributed by atoms with Gasteiger partial charge >= 0.3 is 5.97 Å². The second-order valence-electron chi connectivity index (χ2n) is 4.33. The lowest BCUT2D eigenvalue weighted by molar-refractivity contribution is -0.141. The third-order valence-corrected chi connectivity index (χ3v) is 5.17. The highest BCUT2D eigenvalue weighted by molar-refractivity contribution is 7.89. The molecule has 0 amide bonds. The second-order valence-corrected chi connectivity index (χ2v) is 6.85. The molecule has 5 nitrogen and oxygen atoms in total. The van der Waals surface area contributed by atoms with Gasteiger partial charge in [-0.05, 0) is 25.0 Å². The summed E-state index contributed by atoms with van der Waals surface area (Å²) in [6.07, 6.45) is 0.812. The Labute approximate surface area is 127 Å². The van der Waals surface area contributed by atoms with E-state index in [-0.39, 0.29) is 21.5 Å². The Hall–Kier alpha value is -0.820. The van der Waals surface area contributed by atoms with Gasteiger partial charge in [-0.15, -0.1) is 0 Å². The zero-order valence-corrected chi connectivity index (χ0v) is 13.1. The summed E-state index contributed by atoms with van der Waals surface area (Å²) in [7, 11) is -3.75. The summed E-state index contributed by atoms with van der Waals surface area (Å²) in [6, 6.07) is 4.35. The third kappa shape index (κ3) is 4.63. The molecule has 112 valence electrons. The van der Waals surface area contributed by atoms with Crippen molar-refractivity contribution in [2.24, 2.45) is 5.92 Å². The lowest BCUT2D eigenvalue weighted by Crippen LogP contribution is -2.25. The number of halogens is 2. The van der Waals surface area contributed by atoms with Gasteiger partial charge in [0, 0.05) is 6.54 Å². The number of benzene rings is 1. The minimum absolute atomic E-state index is 0.0272. The molecule has 20 heavy (non-hydrogen) atoms. The number of hydrogen-bond acceptors (Lipinski definition) is 3. The molecule has 0 aliphatic rings. The Kier molecular flexibility index (Phi) is 6.26. The van der Waals surface area contributed by atoms with Crippen LogP contribution < -0.4 is 4.72 Å². The zero-order valence-electron chi connectivity index (χ0n) is 10.8. The van der Waals surface area contributed by atoms with Gasteiger partial charge in [-0.2, -0.15) is 0 Å². The van der Waals surface area contributed by atoms with Crippen molar-refractivity contribution in [1.29, 1.82) is 0 Å². The van der Waals surface area contributed by atoms with Crippen molar-refractivity contribution in [2.75, 3.05) is 6.54 Å². The van der Waals surface area contributed by atoms with E-state index in [4.69, 9.17) is 28.3 Å². The van der Waals surface area contributed by atoms with E-state index in [0.717, 1.165) is 0 Å². The first-order valence-electron chi connectivity index (χ1n) is 5.92. The van der Waals surface area contributed by atoms with Crippen LogP contribution in [0.2, 0.25) is 10.0 Å². The van der Waals surface area contributed by atoms with Crippen LogP contribution in [0.5, 0.6) is 0 Å². The van der Waals surface area contributed by atoms with Crippen LogP contribution >= 0.6 is 23.2 Å². The smallest absolute Gasteiger partial charge is 0.306 e. The van der Waals surface area contributed by atoms with Crippen molar-refractivity contribution in [3.05, 3.63) is 28.2 Å². The van der Waals surface area contributed by atoms with E-state index < -0.39 is 21.9 Å². The molecule has 1 rings (SSSR count). The fourth-order valence-electron chi connectivity index (χ4n) is 1.51. The van der Waals surface area contributed by atoms with E-state index in [1.807, 2.05) is 0 Å². The van der Waals surface area contributed by atoms with Gasteiger partial charge < -0.3 is 5.11 Å². The van der Waals surface area contributed by atoms with Crippen LogP contribution in [-0.4, -0.2) is 26.0 Å². The Balaban J connectivity index is 2.63. The summed E-state index contributed by atoms with van der Waals surface area (Å²) in [5.74, 6) is -1.40. The number of hydrogen-bond donors (Lipinski definition) is 2. The first kappa shape index (κ1) is 17.2. The van der Waals surface area contributed by atoms with Gasteiger partial charge in [0.05, 0.1) is 16.0 Å². The summed E-state index contributed by atoms with van der Waals surface area (Å²) >= 11 is 11.6. The molecule has 0 saturated heterocycles. The minimum Gasteiger partial charge on any atom is -0.481 e. The molecule has 2 N–H and O–H groups in total. The number of nitrogens with one attached hydrogen (secondary N) is 1. The monoisotopic (exact) mass is 339 g/mol. The van der Waals surface area contributed by atoms with Crippen LogP contribution in [0.4, 0.5) is 0 Å². The van der Waals surface area contributed by atoms with Crippen LogP contribution in [0.1, 0.15) is 19.8 Å². The number of rotatable bonds is 7. The average Bonchev–Trinajstić information content (AvgIpc) is 2.37. The SMILES string of the molecule is CC(CCCNS(=O)(=O)c1cccc(Cl)c1Cl)C(=O)O. The maximum atomic E-state index is 12.0. The maximum absolute atomic E-state index is 12.0. The van der Waals surface area contributed by atoms with Crippen LogP contribution in [0, 0.1) is 5.92 Å². The van der Waals surface area contributed by atoms with Crippen molar-refractivity contribution >= 4 is 39.2 Å². The molecule has 0 fully saturated rings. The molecule has 0 aliphatic carbocycles. The first-order chi connectivity index (χ1) is 9.25. The minimum atomic E-state index is -3.75. The van der Waals surface area contributed by atoms with Gasteiger partial charge in [0.25, 0.3) is 0 Å². The van der Waals surface area contributed by atoms with Gasteiger partial charge in [0.15, 0.2) is 0 Å². The molecule has 0 heterocycles. The van der Waals surface area contributed by atoms with E-state index in [9.17, 15) is 13.2 Å². The average molecular weight is 340 g/mol. The highest BCUT2D eigenvalue weighted by atomic mass is 35.5. The summed E-state index contributed by atoms with van der Waals surface area (Å²) < 4.78 is 26.4. The number of aliphatic carboxylic acids is 1. The van der Waals surface area contributed by atoms with Crippen LogP contribution in [0.25, 0.3) is 0 Å². The van der Waals surface area contributed by atoms with E-state index in [0.29, 0.717) is 12.8 Å². The van der Waals surface area contributed by atoms with Crippen LogP contribution in [0.3, 0.4) is 0 Å². The molecule has 0 radical (unpaired) electrons. The summed E-state index contributed by atoms with van der Waals surface area (Å²) in [4.78, 5) is 10.5. The van der Waals surface area contributed by atoms with Crippen LogP contribution in [-0.2, 0) is 14.8 Å². The fourth-order valence-corrected chi connectivity index (χ4v) is 3.34. The van der Waals surface area contributed by atoms with E-state index in [1.54, 1.807) is 6.92 Å². The number of carbonyl (C=O) groups is 1. The van der Waals surface area contributed by atoms with Crippen molar-refractivity contribution in [3.63, 3.8) is 0 Å². The summed E-state index contributed by atoms with van der Waals surface area (Å²) in [6.45, 7) is 1.72. The van der Waals surface area contributed by atoms with Crippen molar-refractivity contribution in [2.45, 2.75) is 24.7 Å². The summed E-state index contributed by atoms with van der Waals surface area (Å²) in [5, 5.41) is 8.85. The van der Waals surface area contributed by atoms with E-state index >= 15 is 0 Å². The maximum Gasteiger partial charge on any atom is 0.306 e. The Morgan fingerprint density at radius 3 is 2.65 bits per heavy atom. The van der Waals surface area contributed by atoms with Gasteiger partial charge in [-0.25, -0.2) is 13.1 Å². The molecule has 8 heteroatoms. The van der Waals surface area contributed by atoms with Crippen molar-refractivity contribution in [1.82, 2.24) is 4.72 Å². The lowest BCUT2D eigenvalue weighted by atomic mass is 10.1. The summed E-state index contributed by atoms with van der Waals surface area (Å²) in [5.41, 5.74) is 0. The molecule has 0 bridgehead atoms. The molecular formula is C12H15Cl2NO4S. The fraction of sp³-hybridized carbons (Fsp3) is 0.417. The molecular weight excluding hydrogens is 325 g/mol. The third-order valence-electron chi connectivity index (χ3n) is 2.73. The topological polar surface area (TPSA) is 83.5 Å². The normalized spacial score (nSPS) is 13.2. The first-order valence-corrected chi connectivity index (χ1v) is 8.16. The Morgan fingerprint density at radius 2 is 2.05 bits per heavy atom. The highest BCUT2D eigenvalue weighted by Gasteiger charge is 2.19. The molecule has 1 aromatic rings. The number of carboxylic acids is 1. The molecule has 1 unspecified atom stereocenters. The molecule has 0 saturated carbocycles. The number of sulfonamides is 1. The van der Waals surface area contributed by atoms with Crippen molar-refractivity contribution in [3.8, 4) is 0 Å². The quantitative estimate of drug-likeness (QED) is 0.748. The van der Waals surface area contributed by atoms with Gasteiger partial charge in [-0.3, -0.25) is 4.79 Å². The Morgan fingerprint density at radius 1 is 1.40 bits per heavy atom. The molecule has 0 aromatic heterocycles. The van der Waals surface area contributed by atoms with E-state index in [2.05, 4.69) is 4.72 Å². The van der Waals surface area contributed by atoms with Gasteiger partial charge in [-0.1, -0.05) is 36.2 Å². The van der Waals surface area contributed by atoms with Crippen molar-refractivity contribution < 1.29 is 18.3 Å². The molecule has 1 aromatic carbocycles. The van der Waals surface area contributed by atoms with E-state index in [1.165, 1.54) is 18.2 Å². The standard InChI is InChI=1S/C12H15Cl2NO4S/c1-8(12(16)17)4-3-7-15-20(18,19)10-6-2-5-9(13)11(10)14/h2,5-6,8,15H,3-4,7H2,1H3,(H,16,17). The molecule has 0 spiro atoms. The number of carboxylic acid groups (broad SMARTS) is 1. The largest absolute Gasteiger partial charge is 0.481 e. The molecule has 0 aliphatic heterocycles.